The average Bonchev–Trinajstić information content (AvgIpc) is 1.88. The van der Waals surface area contributed by atoms with E-state index in [1.54, 1.807) is 0 Å². The molecule has 0 radical (unpaired) electrons. The molecular formula is C7H9ClS. The van der Waals surface area contributed by atoms with Crippen LogP contribution in [0.3, 0.4) is 0 Å². The maximum absolute atomic E-state index is 5.83. The maximum atomic E-state index is 5.83. The van der Waals surface area contributed by atoms with Gasteiger partial charge in [0.05, 0.1) is 5.38 Å². The van der Waals surface area contributed by atoms with Gasteiger partial charge in [-0.25, -0.2) is 0 Å². The van der Waals surface area contributed by atoms with Crippen molar-refractivity contribution in [1.29, 1.82) is 0 Å². The highest BCUT2D eigenvalue weighted by Gasteiger charge is 2.02. The Morgan fingerprint density at radius 2 is 2.56 bits per heavy atom. The molecule has 2 heteroatoms. The molecule has 9 heavy (non-hydrogen) atoms. The van der Waals surface area contributed by atoms with Gasteiger partial charge in [-0.1, -0.05) is 18.2 Å². The fourth-order valence-electron chi connectivity index (χ4n) is 0.811. The molecule has 1 aliphatic rings. The summed E-state index contributed by atoms with van der Waals surface area (Å²) in [6.07, 6.45) is 7.17. The third kappa shape index (κ3) is 2.07. The topological polar surface area (TPSA) is 0 Å². The lowest BCUT2D eigenvalue weighted by Crippen LogP contribution is -1.98. The normalized spacial score (nSPS) is 26.0. The van der Waals surface area contributed by atoms with Gasteiger partial charge in [0.25, 0.3) is 0 Å². The monoisotopic (exact) mass is 160 g/mol. The Morgan fingerprint density at radius 3 is 3.00 bits per heavy atom. The Labute approximate surface area is 66.0 Å². The van der Waals surface area contributed by atoms with Crippen LogP contribution in [0.25, 0.3) is 0 Å². The second kappa shape index (κ2) is 3.33. The standard InChI is InChI=1S/C7H9ClS/c8-7-3-1-2-6(4-7)5-9/h1-2,4,7,9H,3,5H2. The van der Waals surface area contributed by atoms with Gasteiger partial charge >= 0.3 is 0 Å². The van der Waals surface area contributed by atoms with E-state index in [4.69, 9.17) is 11.6 Å². The van der Waals surface area contributed by atoms with Gasteiger partial charge in [-0.05, 0) is 12.0 Å². The van der Waals surface area contributed by atoms with Crippen molar-refractivity contribution in [2.75, 3.05) is 5.75 Å². The molecule has 1 atom stereocenters. The largest absolute Gasteiger partial charge is 0.175 e. The fraction of sp³-hybridized carbons (Fsp3) is 0.429. The minimum Gasteiger partial charge on any atom is -0.175 e. The second-order valence-electron chi connectivity index (χ2n) is 2.05. The molecule has 0 N–H and O–H groups in total. The summed E-state index contributed by atoms with van der Waals surface area (Å²) in [5.74, 6) is 0.791. The van der Waals surface area contributed by atoms with Gasteiger partial charge in [-0.3, -0.25) is 0 Å². The molecule has 0 aromatic carbocycles. The van der Waals surface area contributed by atoms with Gasteiger partial charge in [0, 0.05) is 5.75 Å². The lowest BCUT2D eigenvalue weighted by molar-refractivity contribution is 1.03. The maximum Gasteiger partial charge on any atom is 0.0556 e. The van der Waals surface area contributed by atoms with E-state index >= 15 is 0 Å². The molecule has 0 amide bonds. The van der Waals surface area contributed by atoms with Crippen molar-refractivity contribution in [2.24, 2.45) is 0 Å². The number of alkyl halides is 1. The first-order chi connectivity index (χ1) is 4.33. The van der Waals surface area contributed by atoms with Crippen LogP contribution in [0.15, 0.2) is 23.8 Å². The molecule has 0 fully saturated rings. The van der Waals surface area contributed by atoms with E-state index in [-0.39, 0.29) is 5.38 Å². The second-order valence-corrected chi connectivity index (χ2v) is 2.93. The van der Waals surface area contributed by atoms with Crippen LogP contribution < -0.4 is 0 Å². The smallest absolute Gasteiger partial charge is 0.0556 e. The van der Waals surface area contributed by atoms with Gasteiger partial charge in [0.1, 0.15) is 0 Å². The molecule has 0 saturated carbocycles. The number of rotatable bonds is 1. The highest BCUT2D eigenvalue weighted by Crippen LogP contribution is 2.15. The Balaban J connectivity index is 2.59. The predicted molar refractivity (Wildman–Crippen MR) is 45.3 cm³/mol. The van der Waals surface area contributed by atoms with Crippen LogP contribution in [0.1, 0.15) is 6.42 Å². The quantitative estimate of drug-likeness (QED) is 0.442. The number of thiol groups is 1. The highest BCUT2D eigenvalue weighted by atomic mass is 35.5. The average molecular weight is 161 g/mol. The van der Waals surface area contributed by atoms with Crippen LogP contribution in [-0.2, 0) is 0 Å². The molecule has 1 unspecified atom stereocenters. The Kier molecular flexibility index (Phi) is 2.67. The molecule has 50 valence electrons. The van der Waals surface area contributed by atoms with Crippen molar-refractivity contribution in [3.8, 4) is 0 Å². The van der Waals surface area contributed by atoms with E-state index < -0.39 is 0 Å². The summed E-state index contributed by atoms with van der Waals surface area (Å²) in [7, 11) is 0. The molecule has 1 rings (SSSR count). The fourth-order valence-corrected chi connectivity index (χ4v) is 1.29. The van der Waals surface area contributed by atoms with Crippen LogP contribution in [-0.4, -0.2) is 11.1 Å². The predicted octanol–water partition coefficient (Wildman–Crippen LogP) is 2.41. The van der Waals surface area contributed by atoms with Crippen LogP contribution in [0.4, 0.5) is 0 Å². The summed E-state index contributed by atoms with van der Waals surface area (Å²) in [4.78, 5) is 0. The highest BCUT2D eigenvalue weighted by molar-refractivity contribution is 7.80. The minimum atomic E-state index is 0.192. The van der Waals surface area contributed by atoms with E-state index in [0.717, 1.165) is 12.2 Å². The van der Waals surface area contributed by atoms with E-state index in [1.807, 2.05) is 0 Å². The Morgan fingerprint density at radius 1 is 1.78 bits per heavy atom. The molecular weight excluding hydrogens is 152 g/mol. The number of halogens is 1. The van der Waals surface area contributed by atoms with Crippen molar-refractivity contribution in [1.82, 2.24) is 0 Å². The van der Waals surface area contributed by atoms with Crippen LogP contribution in [0, 0.1) is 0 Å². The third-order valence-electron chi connectivity index (χ3n) is 1.27. The van der Waals surface area contributed by atoms with Crippen LogP contribution >= 0.6 is 24.2 Å². The van der Waals surface area contributed by atoms with Gasteiger partial charge in [-0.2, -0.15) is 12.6 Å². The lowest BCUT2D eigenvalue weighted by Gasteiger charge is -2.07. The van der Waals surface area contributed by atoms with Gasteiger partial charge in [-0.15, -0.1) is 11.6 Å². The zero-order valence-electron chi connectivity index (χ0n) is 5.05. The van der Waals surface area contributed by atoms with Gasteiger partial charge in [0.15, 0.2) is 0 Å². The first-order valence-electron chi connectivity index (χ1n) is 2.95. The summed E-state index contributed by atoms with van der Waals surface area (Å²) < 4.78 is 0. The van der Waals surface area contributed by atoms with Gasteiger partial charge in [0.2, 0.25) is 0 Å². The van der Waals surface area contributed by atoms with Crippen molar-refractivity contribution in [3.63, 3.8) is 0 Å². The molecule has 0 aliphatic heterocycles. The zero-order chi connectivity index (χ0) is 6.69. The molecule has 0 saturated heterocycles. The van der Waals surface area contributed by atoms with Crippen molar-refractivity contribution in [3.05, 3.63) is 23.8 Å². The summed E-state index contributed by atoms with van der Waals surface area (Å²) in [5.41, 5.74) is 1.23. The van der Waals surface area contributed by atoms with E-state index in [1.165, 1.54) is 5.57 Å². The first-order valence-corrected chi connectivity index (χ1v) is 4.02. The summed E-state index contributed by atoms with van der Waals surface area (Å²) in [5, 5.41) is 0.192. The van der Waals surface area contributed by atoms with Crippen molar-refractivity contribution < 1.29 is 0 Å². The van der Waals surface area contributed by atoms with E-state index in [9.17, 15) is 0 Å². The minimum absolute atomic E-state index is 0.192. The van der Waals surface area contributed by atoms with Crippen molar-refractivity contribution >= 4 is 24.2 Å². The molecule has 0 nitrogen and oxygen atoms in total. The number of allylic oxidation sites excluding steroid dienone is 3. The summed E-state index contributed by atoms with van der Waals surface area (Å²) >= 11 is 9.95. The van der Waals surface area contributed by atoms with E-state index in [0.29, 0.717) is 0 Å². The van der Waals surface area contributed by atoms with Crippen molar-refractivity contribution in [2.45, 2.75) is 11.8 Å². The summed E-state index contributed by atoms with van der Waals surface area (Å²) in [6.45, 7) is 0. The first kappa shape index (κ1) is 7.23. The molecule has 0 aromatic rings. The summed E-state index contributed by atoms with van der Waals surface area (Å²) in [6, 6.07) is 0. The molecule has 0 spiro atoms. The van der Waals surface area contributed by atoms with E-state index in [2.05, 4.69) is 30.9 Å². The van der Waals surface area contributed by atoms with Crippen LogP contribution in [0.2, 0.25) is 0 Å². The van der Waals surface area contributed by atoms with Crippen LogP contribution in [0.5, 0.6) is 0 Å². The Bertz CT molecular complexity index is 149. The molecule has 0 aromatic heterocycles. The molecule has 1 aliphatic carbocycles. The zero-order valence-corrected chi connectivity index (χ0v) is 6.70. The Hall–Kier alpha value is 0.120. The molecule has 0 bridgehead atoms. The SMILES string of the molecule is SCC1=CC(Cl)CC=C1. The molecule has 0 heterocycles. The lowest BCUT2D eigenvalue weighted by atomic mass is 10.1. The number of hydrogen-bond donors (Lipinski definition) is 1. The van der Waals surface area contributed by atoms with Gasteiger partial charge < -0.3 is 0 Å². The number of hydrogen-bond acceptors (Lipinski definition) is 1. The third-order valence-corrected chi connectivity index (χ3v) is 1.94.